The van der Waals surface area contributed by atoms with Gasteiger partial charge in [0.05, 0.1) is 6.54 Å². The maximum atomic E-state index is 13.3. The van der Waals surface area contributed by atoms with Crippen LogP contribution in [0.5, 0.6) is 0 Å². The smallest absolute Gasteiger partial charge is 0.246 e. The van der Waals surface area contributed by atoms with Crippen LogP contribution in [0.25, 0.3) is 11.4 Å². The van der Waals surface area contributed by atoms with E-state index < -0.39 is 5.82 Å². The van der Waals surface area contributed by atoms with Gasteiger partial charge in [0.2, 0.25) is 17.6 Å². The summed E-state index contributed by atoms with van der Waals surface area (Å²) in [6, 6.07) is 5.81. The standard InChI is InChI=1S/C16H21FN6O2/c1-4-22(9-14(24)18-11(2)3)15(25)10-23-20-16(19-21-23)12-6-5-7-13(17)8-12/h5-8,11H,4,9-10H2,1-3H3,(H,18,24). The van der Waals surface area contributed by atoms with Crippen molar-refractivity contribution in [3.63, 3.8) is 0 Å². The van der Waals surface area contributed by atoms with E-state index in [-0.39, 0.29) is 36.8 Å². The van der Waals surface area contributed by atoms with E-state index in [1.807, 2.05) is 13.8 Å². The molecule has 0 saturated carbocycles. The highest BCUT2D eigenvalue weighted by Crippen LogP contribution is 2.14. The summed E-state index contributed by atoms with van der Waals surface area (Å²) >= 11 is 0. The molecule has 0 atom stereocenters. The molecule has 0 aliphatic carbocycles. The van der Waals surface area contributed by atoms with E-state index in [2.05, 4.69) is 20.7 Å². The van der Waals surface area contributed by atoms with E-state index in [0.717, 1.165) is 4.80 Å². The molecule has 2 amide bonds. The first-order chi connectivity index (χ1) is 11.9. The summed E-state index contributed by atoms with van der Waals surface area (Å²) in [4.78, 5) is 26.7. The van der Waals surface area contributed by atoms with E-state index in [1.54, 1.807) is 19.1 Å². The number of nitrogens with zero attached hydrogens (tertiary/aromatic N) is 5. The number of tetrazole rings is 1. The number of likely N-dealkylation sites (N-methyl/N-ethyl adjacent to an activating group) is 1. The van der Waals surface area contributed by atoms with Gasteiger partial charge in [-0.05, 0) is 38.1 Å². The molecule has 1 aromatic heterocycles. The number of carbonyl (C=O) groups is 2. The molecular formula is C16H21FN6O2. The molecule has 1 heterocycles. The molecule has 134 valence electrons. The number of nitrogens with one attached hydrogen (secondary N) is 1. The van der Waals surface area contributed by atoms with Crippen LogP contribution in [0.15, 0.2) is 24.3 Å². The SMILES string of the molecule is CCN(CC(=O)NC(C)C)C(=O)Cn1nnc(-c2cccc(F)c2)n1. The normalized spacial score (nSPS) is 10.8. The Kier molecular flexibility index (Phi) is 6.15. The minimum atomic E-state index is -0.404. The predicted octanol–water partition coefficient (Wildman–Crippen LogP) is 0.852. The zero-order valence-electron chi connectivity index (χ0n) is 14.4. The highest BCUT2D eigenvalue weighted by Gasteiger charge is 2.18. The second-order valence-electron chi connectivity index (χ2n) is 5.78. The van der Waals surface area contributed by atoms with Crippen LogP contribution >= 0.6 is 0 Å². The number of rotatable bonds is 7. The minimum absolute atomic E-state index is 0.00659. The fraction of sp³-hybridized carbons (Fsp3) is 0.438. The Bertz CT molecular complexity index is 746. The highest BCUT2D eigenvalue weighted by molar-refractivity contribution is 5.84. The van der Waals surface area contributed by atoms with Crippen molar-refractivity contribution in [2.75, 3.05) is 13.1 Å². The second-order valence-corrected chi connectivity index (χ2v) is 5.78. The average Bonchev–Trinajstić information content (AvgIpc) is 3.00. The van der Waals surface area contributed by atoms with Crippen LogP contribution in [-0.4, -0.2) is 56.1 Å². The third kappa shape index (κ3) is 5.33. The van der Waals surface area contributed by atoms with Gasteiger partial charge in [0.1, 0.15) is 12.4 Å². The molecule has 1 aromatic carbocycles. The van der Waals surface area contributed by atoms with E-state index in [0.29, 0.717) is 12.1 Å². The van der Waals surface area contributed by atoms with Crippen molar-refractivity contribution in [1.29, 1.82) is 0 Å². The molecule has 0 unspecified atom stereocenters. The van der Waals surface area contributed by atoms with Crippen LogP contribution in [0.4, 0.5) is 4.39 Å². The van der Waals surface area contributed by atoms with Gasteiger partial charge in [0.25, 0.3) is 0 Å². The Morgan fingerprint density at radius 1 is 1.36 bits per heavy atom. The number of benzene rings is 1. The molecule has 0 aliphatic heterocycles. The van der Waals surface area contributed by atoms with E-state index >= 15 is 0 Å². The number of aromatic nitrogens is 4. The van der Waals surface area contributed by atoms with Crippen LogP contribution in [0, 0.1) is 5.82 Å². The molecule has 2 aromatic rings. The molecule has 0 aliphatic rings. The zero-order chi connectivity index (χ0) is 18.4. The topological polar surface area (TPSA) is 93.0 Å². The third-order valence-electron chi connectivity index (χ3n) is 3.33. The first-order valence-electron chi connectivity index (χ1n) is 8.00. The van der Waals surface area contributed by atoms with Gasteiger partial charge in [0, 0.05) is 18.2 Å². The Morgan fingerprint density at radius 2 is 2.12 bits per heavy atom. The lowest BCUT2D eigenvalue weighted by Crippen LogP contribution is -2.43. The number of hydrogen-bond acceptors (Lipinski definition) is 5. The molecule has 0 spiro atoms. The molecule has 2 rings (SSSR count). The summed E-state index contributed by atoms with van der Waals surface area (Å²) in [6.45, 7) is 5.69. The van der Waals surface area contributed by atoms with Crippen LogP contribution < -0.4 is 5.32 Å². The van der Waals surface area contributed by atoms with Crippen LogP contribution in [0.3, 0.4) is 0 Å². The Balaban J connectivity index is 2.01. The molecule has 0 radical (unpaired) electrons. The fourth-order valence-electron chi connectivity index (χ4n) is 2.19. The average molecular weight is 348 g/mol. The Hall–Kier alpha value is -2.84. The van der Waals surface area contributed by atoms with Gasteiger partial charge in [-0.25, -0.2) is 4.39 Å². The monoisotopic (exact) mass is 348 g/mol. The molecule has 8 nitrogen and oxygen atoms in total. The lowest BCUT2D eigenvalue weighted by molar-refractivity contribution is -0.136. The van der Waals surface area contributed by atoms with E-state index in [4.69, 9.17) is 0 Å². The molecule has 9 heteroatoms. The fourth-order valence-corrected chi connectivity index (χ4v) is 2.19. The minimum Gasteiger partial charge on any atom is -0.352 e. The third-order valence-corrected chi connectivity index (χ3v) is 3.33. The van der Waals surface area contributed by atoms with Crippen LogP contribution in [0.1, 0.15) is 20.8 Å². The first-order valence-corrected chi connectivity index (χ1v) is 8.00. The van der Waals surface area contributed by atoms with Gasteiger partial charge in [-0.2, -0.15) is 4.80 Å². The number of carbonyl (C=O) groups excluding carboxylic acids is 2. The Labute approximate surface area is 145 Å². The van der Waals surface area contributed by atoms with E-state index in [9.17, 15) is 14.0 Å². The lowest BCUT2D eigenvalue weighted by atomic mass is 10.2. The Morgan fingerprint density at radius 3 is 2.76 bits per heavy atom. The summed E-state index contributed by atoms with van der Waals surface area (Å²) in [5.74, 6) is -0.701. The van der Waals surface area contributed by atoms with Gasteiger partial charge in [-0.15, -0.1) is 10.2 Å². The van der Waals surface area contributed by atoms with Crippen molar-refractivity contribution in [3.8, 4) is 11.4 Å². The van der Waals surface area contributed by atoms with Crippen molar-refractivity contribution in [1.82, 2.24) is 30.4 Å². The van der Waals surface area contributed by atoms with Crippen molar-refractivity contribution >= 4 is 11.8 Å². The van der Waals surface area contributed by atoms with Gasteiger partial charge in [-0.3, -0.25) is 9.59 Å². The first kappa shape index (κ1) is 18.5. The quantitative estimate of drug-likeness (QED) is 0.801. The molecule has 1 N–H and O–H groups in total. The molecular weight excluding hydrogens is 327 g/mol. The largest absolute Gasteiger partial charge is 0.352 e. The number of amides is 2. The molecule has 0 bridgehead atoms. The van der Waals surface area contributed by atoms with Crippen molar-refractivity contribution in [2.45, 2.75) is 33.4 Å². The summed E-state index contributed by atoms with van der Waals surface area (Å²) in [5, 5.41) is 14.5. The summed E-state index contributed by atoms with van der Waals surface area (Å²) < 4.78 is 13.3. The van der Waals surface area contributed by atoms with Crippen LogP contribution in [0.2, 0.25) is 0 Å². The van der Waals surface area contributed by atoms with Crippen molar-refractivity contribution in [3.05, 3.63) is 30.1 Å². The van der Waals surface area contributed by atoms with Crippen molar-refractivity contribution in [2.24, 2.45) is 0 Å². The van der Waals surface area contributed by atoms with Gasteiger partial charge in [-0.1, -0.05) is 12.1 Å². The molecule has 0 saturated heterocycles. The highest BCUT2D eigenvalue weighted by atomic mass is 19.1. The summed E-state index contributed by atoms with van der Waals surface area (Å²) in [7, 11) is 0. The number of hydrogen-bond donors (Lipinski definition) is 1. The maximum Gasteiger partial charge on any atom is 0.246 e. The van der Waals surface area contributed by atoms with Gasteiger partial charge < -0.3 is 10.2 Å². The van der Waals surface area contributed by atoms with Crippen LogP contribution in [-0.2, 0) is 16.1 Å². The lowest BCUT2D eigenvalue weighted by Gasteiger charge is -2.20. The van der Waals surface area contributed by atoms with E-state index in [1.165, 1.54) is 17.0 Å². The summed E-state index contributed by atoms with van der Waals surface area (Å²) in [5.41, 5.74) is 0.474. The van der Waals surface area contributed by atoms with Gasteiger partial charge in [0.15, 0.2) is 0 Å². The summed E-state index contributed by atoms with van der Waals surface area (Å²) in [6.07, 6.45) is 0. The second kappa shape index (κ2) is 8.32. The maximum absolute atomic E-state index is 13.3. The predicted molar refractivity (Wildman–Crippen MR) is 88.7 cm³/mol. The van der Waals surface area contributed by atoms with Crippen molar-refractivity contribution < 1.29 is 14.0 Å². The number of halogens is 1. The molecule has 25 heavy (non-hydrogen) atoms. The molecule has 0 fully saturated rings. The zero-order valence-corrected chi connectivity index (χ0v) is 14.4. The van der Waals surface area contributed by atoms with Gasteiger partial charge >= 0.3 is 0 Å².